The molecule has 1 amide bonds. The number of Topliss-reactive ketones (excluding diaryl/α,β-unsaturated/α-hetero) is 1. The molecule has 0 spiro atoms. The molecule has 0 unspecified atom stereocenters. The van der Waals surface area contributed by atoms with Crippen molar-refractivity contribution in [2.24, 2.45) is 10.8 Å². The number of fused-ring (bicyclic) bond motifs is 1. The number of ether oxygens (including phenoxy) is 1. The van der Waals surface area contributed by atoms with Gasteiger partial charge in [-0.1, -0.05) is 11.2 Å². The van der Waals surface area contributed by atoms with Gasteiger partial charge in [0.15, 0.2) is 5.82 Å². The summed E-state index contributed by atoms with van der Waals surface area (Å²) < 4.78 is 10.8. The molecule has 196 valence electrons. The predicted molar refractivity (Wildman–Crippen MR) is 139 cm³/mol. The molecule has 13 nitrogen and oxygen atoms in total. The van der Waals surface area contributed by atoms with Crippen LogP contribution in [0.2, 0.25) is 0 Å². The van der Waals surface area contributed by atoms with E-state index in [1.807, 2.05) is 17.9 Å². The summed E-state index contributed by atoms with van der Waals surface area (Å²) in [5, 5.41) is 4.48. The minimum Gasteiger partial charge on any atom is -0.494 e. The number of methoxy groups -OCH3 is 1. The van der Waals surface area contributed by atoms with E-state index in [0.29, 0.717) is 71.8 Å². The first-order valence-corrected chi connectivity index (χ1v) is 11.9. The molecule has 1 fully saturated rings. The van der Waals surface area contributed by atoms with E-state index in [2.05, 4.69) is 30.5 Å². The molecule has 0 aromatic carbocycles. The summed E-state index contributed by atoms with van der Waals surface area (Å²) in [4.78, 5) is 46.4. The highest BCUT2D eigenvalue weighted by Crippen LogP contribution is 2.37. The quantitative estimate of drug-likeness (QED) is 0.0885. The second-order valence-electron chi connectivity index (χ2n) is 8.70. The highest BCUT2D eigenvalue weighted by atomic mass is 16.5. The van der Waals surface area contributed by atoms with E-state index in [1.165, 1.54) is 24.4 Å². The zero-order valence-corrected chi connectivity index (χ0v) is 21.2. The molecule has 0 radical (unpaired) electrons. The number of ketones is 1. The zero-order chi connectivity index (χ0) is 26.8. The highest BCUT2D eigenvalue weighted by molar-refractivity contribution is 6.45. The Morgan fingerprint density at radius 2 is 1.92 bits per heavy atom. The van der Waals surface area contributed by atoms with Crippen molar-refractivity contribution in [1.82, 2.24) is 35.3 Å². The van der Waals surface area contributed by atoms with Crippen LogP contribution < -0.4 is 16.0 Å². The number of aryl methyl sites for hydroxylation is 2. The molecule has 0 bridgehead atoms. The standard InChI is InChI=1S/C25H27N9O4/c1-14-19(15(2)38-32-14)21-22-20(17(37-3)13-29-21)16(12-28-22)23(35)24(36)33-8-10-34(11-9-33)25(31-26)30-18-6-4-5-7-27-18/h4-7,12-13,28H,8-11,26H2,1-3H3,(H,27,30,31). The number of nitrogens with zero attached hydrogens (tertiary/aromatic N) is 6. The molecule has 0 aliphatic carbocycles. The molecule has 4 aromatic heterocycles. The van der Waals surface area contributed by atoms with Crippen LogP contribution in [-0.4, -0.2) is 80.8 Å². The number of aliphatic imine (C=N–C) groups is 1. The van der Waals surface area contributed by atoms with Crippen LogP contribution in [0.3, 0.4) is 0 Å². The number of nitrogens with one attached hydrogen (secondary N) is 2. The van der Waals surface area contributed by atoms with Gasteiger partial charge in [-0.25, -0.2) is 15.8 Å². The van der Waals surface area contributed by atoms with E-state index >= 15 is 0 Å². The molecule has 4 aromatic rings. The lowest BCUT2D eigenvalue weighted by Gasteiger charge is -2.35. The summed E-state index contributed by atoms with van der Waals surface area (Å²) in [6.45, 7) is 5.11. The number of rotatable bonds is 5. The van der Waals surface area contributed by atoms with E-state index in [4.69, 9.17) is 15.1 Å². The molecule has 0 atom stereocenters. The Bertz CT molecular complexity index is 1500. The number of piperazine rings is 1. The highest BCUT2D eigenvalue weighted by Gasteiger charge is 2.31. The maximum Gasteiger partial charge on any atom is 0.295 e. The number of hydrazine groups is 1. The van der Waals surface area contributed by atoms with Gasteiger partial charge in [-0.15, -0.1) is 0 Å². The first-order valence-electron chi connectivity index (χ1n) is 11.9. The lowest BCUT2D eigenvalue weighted by Crippen LogP contribution is -2.55. The molecule has 1 saturated heterocycles. The first kappa shape index (κ1) is 24.9. The first-order chi connectivity index (χ1) is 18.4. The van der Waals surface area contributed by atoms with E-state index < -0.39 is 11.7 Å². The van der Waals surface area contributed by atoms with E-state index in [1.54, 1.807) is 25.3 Å². The maximum absolute atomic E-state index is 13.4. The lowest BCUT2D eigenvalue weighted by molar-refractivity contribution is -0.127. The third kappa shape index (κ3) is 4.43. The Morgan fingerprint density at radius 1 is 1.16 bits per heavy atom. The molecule has 4 N–H and O–H groups in total. The molecule has 38 heavy (non-hydrogen) atoms. The van der Waals surface area contributed by atoms with Gasteiger partial charge in [-0.3, -0.25) is 15.0 Å². The van der Waals surface area contributed by atoms with Gasteiger partial charge in [-0.2, -0.15) is 4.99 Å². The number of aromatic nitrogens is 4. The number of amides is 1. The van der Waals surface area contributed by atoms with Gasteiger partial charge in [0.05, 0.1) is 41.0 Å². The largest absolute Gasteiger partial charge is 0.494 e. The van der Waals surface area contributed by atoms with Crippen LogP contribution in [-0.2, 0) is 4.79 Å². The van der Waals surface area contributed by atoms with Gasteiger partial charge in [0.25, 0.3) is 11.7 Å². The monoisotopic (exact) mass is 517 g/mol. The Morgan fingerprint density at radius 3 is 2.55 bits per heavy atom. The Labute approximate surface area is 217 Å². The van der Waals surface area contributed by atoms with Crippen molar-refractivity contribution < 1.29 is 18.8 Å². The number of carbonyl (C=O) groups is 2. The van der Waals surface area contributed by atoms with Crippen molar-refractivity contribution >= 4 is 34.4 Å². The third-order valence-corrected chi connectivity index (χ3v) is 6.47. The van der Waals surface area contributed by atoms with Crippen molar-refractivity contribution in [2.75, 3.05) is 33.3 Å². The van der Waals surface area contributed by atoms with Gasteiger partial charge < -0.3 is 24.0 Å². The fourth-order valence-electron chi connectivity index (χ4n) is 4.57. The van der Waals surface area contributed by atoms with Crippen molar-refractivity contribution in [3.8, 4) is 17.0 Å². The van der Waals surface area contributed by atoms with Gasteiger partial charge in [-0.05, 0) is 26.0 Å². The van der Waals surface area contributed by atoms with Gasteiger partial charge in [0.2, 0.25) is 5.96 Å². The minimum absolute atomic E-state index is 0.209. The number of nitrogens with two attached hydrogens (primary N) is 1. The van der Waals surface area contributed by atoms with E-state index in [0.717, 1.165) is 5.56 Å². The molecule has 0 saturated carbocycles. The topological polar surface area (TPSA) is 168 Å². The number of carbonyl (C=O) groups excluding carboxylic acids is 2. The summed E-state index contributed by atoms with van der Waals surface area (Å²) in [7, 11) is 1.49. The Balaban J connectivity index is 1.37. The second kappa shape index (κ2) is 10.3. The summed E-state index contributed by atoms with van der Waals surface area (Å²) in [6.07, 6.45) is 4.69. The van der Waals surface area contributed by atoms with Gasteiger partial charge >= 0.3 is 0 Å². The molecule has 13 heteroatoms. The number of hydrogen-bond donors (Lipinski definition) is 3. The molecule has 1 aliphatic rings. The molecule has 5 rings (SSSR count). The number of H-pyrrole nitrogens is 1. The molecule has 1 aliphatic heterocycles. The van der Waals surface area contributed by atoms with E-state index in [9.17, 15) is 9.59 Å². The SMILES string of the molecule is COc1cnc(-c2c(C)noc2C)c2[nH]cc(C(=O)C(=O)N3CCN(/C(=N\c4ccccn4)NN)CC3)c12. The van der Waals surface area contributed by atoms with Crippen molar-refractivity contribution in [2.45, 2.75) is 13.8 Å². The molecule has 5 heterocycles. The van der Waals surface area contributed by atoms with Gasteiger partial charge in [0, 0.05) is 38.6 Å². The predicted octanol–water partition coefficient (Wildman–Crippen LogP) is 1.72. The van der Waals surface area contributed by atoms with E-state index in [-0.39, 0.29) is 5.56 Å². The van der Waals surface area contributed by atoms with Crippen LogP contribution in [0.4, 0.5) is 5.82 Å². The van der Waals surface area contributed by atoms with Crippen LogP contribution >= 0.6 is 0 Å². The number of hydrogen-bond acceptors (Lipinski definition) is 9. The van der Waals surface area contributed by atoms with Gasteiger partial charge in [0.1, 0.15) is 17.2 Å². The Hall–Kier alpha value is -4.78. The average Bonchev–Trinajstić information content (AvgIpc) is 3.54. The van der Waals surface area contributed by atoms with Crippen LogP contribution in [0.5, 0.6) is 5.75 Å². The van der Waals surface area contributed by atoms with Crippen molar-refractivity contribution in [3.05, 3.63) is 53.8 Å². The number of aromatic amines is 1. The molecular weight excluding hydrogens is 490 g/mol. The lowest BCUT2D eigenvalue weighted by atomic mass is 10.0. The zero-order valence-electron chi connectivity index (χ0n) is 21.2. The minimum atomic E-state index is -0.641. The fourth-order valence-corrected chi connectivity index (χ4v) is 4.57. The van der Waals surface area contributed by atoms with Crippen LogP contribution in [0.25, 0.3) is 22.2 Å². The van der Waals surface area contributed by atoms with Crippen molar-refractivity contribution in [3.63, 3.8) is 0 Å². The normalized spacial score (nSPS) is 14.2. The summed E-state index contributed by atoms with van der Waals surface area (Å²) in [6, 6.07) is 5.39. The van der Waals surface area contributed by atoms with Crippen LogP contribution in [0.1, 0.15) is 21.8 Å². The average molecular weight is 518 g/mol. The second-order valence-corrected chi connectivity index (χ2v) is 8.70. The number of pyridine rings is 2. The third-order valence-electron chi connectivity index (χ3n) is 6.47. The smallest absolute Gasteiger partial charge is 0.295 e. The van der Waals surface area contributed by atoms with Crippen LogP contribution in [0.15, 0.2) is 46.3 Å². The van der Waals surface area contributed by atoms with Crippen molar-refractivity contribution in [1.29, 1.82) is 0 Å². The summed E-state index contributed by atoms with van der Waals surface area (Å²) in [5.41, 5.74) is 5.31. The maximum atomic E-state index is 13.4. The molecular formula is C25H27N9O4. The van der Waals surface area contributed by atoms with Crippen LogP contribution in [0, 0.1) is 13.8 Å². The summed E-state index contributed by atoms with van der Waals surface area (Å²) in [5.74, 6) is 6.36. The number of guanidine groups is 1. The summed E-state index contributed by atoms with van der Waals surface area (Å²) >= 11 is 0. The fraction of sp³-hybridized carbons (Fsp3) is 0.280. The Kier molecular flexibility index (Phi) is 6.75.